The van der Waals surface area contributed by atoms with Crippen LogP contribution >= 0.6 is 11.3 Å². The molecule has 0 aliphatic carbocycles. The van der Waals surface area contributed by atoms with Gasteiger partial charge in [-0.05, 0) is 43.4 Å². The first-order valence-corrected chi connectivity index (χ1v) is 6.66. The summed E-state index contributed by atoms with van der Waals surface area (Å²) in [6, 6.07) is 1.61. The topological polar surface area (TPSA) is 41.6 Å². The summed E-state index contributed by atoms with van der Waals surface area (Å²) in [6.07, 6.45) is 0. The van der Waals surface area contributed by atoms with Crippen LogP contribution in [-0.4, -0.2) is 44.7 Å². The van der Waals surface area contributed by atoms with Gasteiger partial charge in [-0.25, -0.2) is 4.79 Å². The first-order chi connectivity index (χ1) is 8.15. The van der Waals surface area contributed by atoms with E-state index in [0.717, 1.165) is 18.7 Å². The van der Waals surface area contributed by atoms with E-state index >= 15 is 0 Å². The van der Waals surface area contributed by atoms with E-state index in [9.17, 15) is 4.79 Å². The Morgan fingerprint density at radius 3 is 2.88 bits per heavy atom. The van der Waals surface area contributed by atoms with Crippen molar-refractivity contribution in [1.29, 1.82) is 0 Å². The van der Waals surface area contributed by atoms with Gasteiger partial charge in [0, 0.05) is 13.1 Å². The average Bonchev–Trinajstić information content (AvgIpc) is 2.77. The quantitative estimate of drug-likeness (QED) is 0.751. The summed E-state index contributed by atoms with van der Waals surface area (Å²) in [5.41, 5.74) is 0.979. The number of likely N-dealkylation sites (N-methyl/N-ethyl adjacent to an activating group) is 1. The van der Waals surface area contributed by atoms with Crippen molar-refractivity contribution in [2.45, 2.75) is 13.0 Å². The SMILES string of the molecule is CCOC(=O)C(NCCN(C)C)c1ccsc1. The van der Waals surface area contributed by atoms with Crippen LogP contribution in [0, 0.1) is 0 Å². The predicted octanol–water partition coefficient (Wildman–Crippen LogP) is 1.50. The number of nitrogens with zero attached hydrogens (tertiary/aromatic N) is 1. The van der Waals surface area contributed by atoms with Crippen LogP contribution in [-0.2, 0) is 9.53 Å². The molecule has 0 fully saturated rings. The minimum absolute atomic E-state index is 0.204. The molecule has 0 saturated carbocycles. The molecular formula is C12H20N2O2S. The molecule has 1 N–H and O–H groups in total. The molecule has 0 aliphatic rings. The summed E-state index contributed by atoms with van der Waals surface area (Å²) >= 11 is 1.58. The fourth-order valence-electron chi connectivity index (χ4n) is 1.43. The maximum absolute atomic E-state index is 11.8. The standard InChI is InChI=1S/C12H20N2O2S/c1-4-16-12(15)11(10-5-8-17-9-10)13-6-7-14(2)3/h5,8-9,11,13H,4,6-7H2,1-3H3. The summed E-state index contributed by atoms with van der Waals surface area (Å²) in [5, 5.41) is 7.17. The number of nitrogens with one attached hydrogen (secondary N) is 1. The Morgan fingerprint density at radius 2 is 2.35 bits per heavy atom. The highest BCUT2D eigenvalue weighted by molar-refractivity contribution is 7.08. The first kappa shape index (κ1) is 14.2. The number of thiophene rings is 1. The van der Waals surface area contributed by atoms with E-state index in [2.05, 4.69) is 10.2 Å². The maximum atomic E-state index is 11.8. The van der Waals surface area contributed by atoms with Gasteiger partial charge in [-0.2, -0.15) is 11.3 Å². The second-order valence-corrected chi connectivity index (χ2v) is 4.78. The van der Waals surface area contributed by atoms with E-state index in [-0.39, 0.29) is 12.0 Å². The van der Waals surface area contributed by atoms with E-state index in [4.69, 9.17) is 4.74 Å². The highest BCUT2D eigenvalue weighted by atomic mass is 32.1. The molecule has 96 valence electrons. The van der Waals surface area contributed by atoms with Gasteiger partial charge in [-0.15, -0.1) is 0 Å². The van der Waals surface area contributed by atoms with Crippen molar-refractivity contribution in [3.8, 4) is 0 Å². The third-order valence-corrected chi connectivity index (χ3v) is 3.01. The van der Waals surface area contributed by atoms with E-state index in [1.165, 1.54) is 0 Å². The molecule has 1 aromatic rings. The largest absolute Gasteiger partial charge is 0.465 e. The summed E-state index contributed by atoms with van der Waals surface area (Å²) in [6.45, 7) is 3.88. The highest BCUT2D eigenvalue weighted by Gasteiger charge is 2.21. The minimum Gasteiger partial charge on any atom is -0.465 e. The van der Waals surface area contributed by atoms with Gasteiger partial charge < -0.3 is 9.64 Å². The Morgan fingerprint density at radius 1 is 1.59 bits per heavy atom. The molecular weight excluding hydrogens is 236 g/mol. The van der Waals surface area contributed by atoms with Gasteiger partial charge in [0.15, 0.2) is 0 Å². The first-order valence-electron chi connectivity index (χ1n) is 5.72. The number of carbonyl (C=O) groups is 1. The normalized spacial score (nSPS) is 12.7. The maximum Gasteiger partial charge on any atom is 0.327 e. The summed E-state index contributed by atoms with van der Waals surface area (Å²) in [4.78, 5) is 13.9. The number of hydrogen-bond acceptors (Lipinski definition) is 5. The van der Waals surface area contributed by atoms with Crippen LogP contribution in [0.25, 0.3) is 0 Å². The van der Waals surface area contributed by atoms with E-state index < -0.39 is 0 Å². The lowest BCUT2D eigenvalue weighted by atomic mass is 10.1. The molecule has 5 heteroatoms. The Balaban J connectivity index is 2.57. The van der Waals surface area contributed by atoms with Gasteiger partial charge >= 0.3 is 5.97 Å². The van der Waals surface area contributed by atoms with Crippen molar-refractivity contribution < 1.29 is 9.53 Å². The van der Waals surface area contributed by atoms with Crippen LogP contribution in [0.1, 0.15) is 18.5 Å². The number of rotatable bonds is 7. The van der Waals surface area contributed by atoms with Gasteiger partial charge in [0.25, 0.3) is 0 Å². The van der Waals surface area contributed by atoms with Crippen molar-refractivity contribution in [2.75, 3.05) is 33.8 Å². The van der Waals surface area contributed by atoms with Crippen molar-refractivity contribution in [3.05, 3.63) is 22.4 Å². The van der Waals surface area contributed by atoms with Gasteiger partial charge in [0.1, 0.15) is 6.04 Å². The number of carbonyl (C=O) groups excluding carboxylic acids is 1. The number of ether oxygens (including phenoxy) is 1. The summed E-state index contributed by atoms with van der Waals surface area (Å²) < 4.78 is 5.07. The van der Waals surface area contributed by atoms with Crippen LogP contribution in [0.15, 0.2) is 16.8 Å². The molecule has 1 unspecified atom stereocenters. The second kappa shape index (κ2) is 7.42. The van der Waals surface area contributed by atoms with Gasteiger partial charge in [-0.3, -0.25) is 5.32 Å². The van der Waals surface area contributed by atoms with Crippen LogP contribution < -0.4 is 5.32 Å². The highest BCUT2D eigenvalue weighted by Crippen LogP contribution is 2.17. The van der Waals surface area contributed by atoms with Gasteiger partial charge in [0.2, 0.25) is 0 Å². The molecule has 17 heavy (non-hydrogen) atoms. The summed E-state index contributed by atoms with van der Waals surface area (Å²) in [5.74, 6) is -0.204. The van der Waals surface area contributed by atoms with E-state index in [1.54, 1.807) is 11.3 Å². The predicted molar refractivity (Wildman–Crippen MR) is 70.2 cm³/mol. The molecule has 1 aromatic heterocycles. The molecule has 0 bridgehead atoms. The van der Waals surface area contributed by atoms with Gasteiger partial charge in [0.05, 0.1) is 6.61 Å². The Labute approximate surface area is 107 Å². The molecule has 0 aromatic carbocycles. The molecule has 0 saturated heterocycles. The Hall–Kier alpha value is -0.910. The monoisotopic (exact) mass is 256 g/mol. The van der Waals surface area contributed by atoms with E-state index in [1.807, 2.05) is 37.8 Å². The number of esters is 1. The minimum atomic E-state index is -0.346. The zero-order chi connectivity index (χ0) is 12.7. The third kappa shape index (κ3) is 4.85. The van der Waals surface area contributed by atoms with E-state index in [0.29, 0.717) is 6.61 Å². The zero-order valence-corrected chi connectivity index (χ0v) is 11.4. The fraction of sp³-hybridized carbons (Fsp3) is 0.583. The van der Waals surface area contributed by atoms with Crippen molar-refractivity contribution in [1.82, 2.24) is 10.2 Å². The molecule has 4 nitrogen and oxygen atoms in total. The lowest BCUT2D eigenvalue weighted by molar-refractivity contribution is -0.145. The molecule has 1 heterocycles. The van der Waals surface area contributed by atoms with Crippen molar-refractivity contribution >= 4 is 17.3 Å². The van der Waals surface area contributed by atoms with Gasteiger partial charge in [-0.1, -0.05) is 0 Å². The molecule has 0 amide bonds. The average molecular weight is 256 g/mol. The molecule has 1 atom stereocenters. The third-order valence-electron chi connectivity index (χ3n) is 2.31. The smallest absolute Gasteiger partial charge is 0.327 e. The zero-order valence-electron chi connectivity index (χ0n) is 10.6. The molecule has 0 radical (unpaired) electrons. The van der Waals surface area contributed by atoms with Crippen LogP contribution in [0.2, 0.25) is 0 Å². The Bertz CT molecular complexity index is 325. The van der Waals surface area contributed by atoms with Crippen LogP contribution in [0.5, 0.6) is 0 Å². The fourth-order valence-corrected chi connectivity index (χ4v) is 2.12. The molecule has 0 aliphatic heterocycles. The lowest BCUT2D eigenvalue weighted by Gasteiger charge is -2.17. The summed E-state index contributed by atoms with van der Waals surface area (Å²) in [7, 11) is 4.01. The molecule has 0 spiro atoms. The Kier molecular flexibility index (Phi) is 6.18. The van der Waals surface area contributed by atoms with Crippen molar-refractivity contribution in [3.63, 3.8) is 0 Å². The van der Waals surface area contributed by atoms with Crippen molar-refractivity contribution in [2.24, 2.45) is 0 Å². The second-order valence-electron chi connectivity index (χ2n) is 4.00. The number of hydrogen-bond donors (Lipinski definition) is 1. The lowest BCUT2D eigenvalue weighted by Crippen LogP contribution is -2.34. The van der Waals surface area contributed by atoms with Crippen LogP contribution in [0.4, 0.5) is 0 Å². The van der Waals surface area contributed by atoms with Crippen LogP contribution in [0.3, 0.4) is 0 Å². The molecule has 1 rings (SSSR count).